The van der Waals surface area contributed by atoms with Crippen LogP contribution in [0.3, 0.4) is 0 Å². The molecule has 1 aromatic rings. The van der Waals surface area contributed by atoms with Gasteiger partial charge in [0.05, 0.1) is 5.41 Å². The predicted octanol–water partition coefficient (Wildman–Crippen LogP) is 3.65. The second kappa shape index (κ2) is 8.74. The minimum atomic E-state index is -0.417. The molecule has 148 valence electrons. The highest BCUT2D eigenvalue weighted by Gasteiger charge is 2.42. The number of hydrogen-bond acceptors (Lipinski definition) is 3. The molecule has 1 N–H and O–H groups in total. The van der Waals surface area contributed by atoms with Gasteiger partial charge in [0, 0.05) is 38.4 Å². The molecule has 2 aliphatic heterocycles. The molecule has 4 nitrogen and oxygen atoms in total. The molecule has 4 rings (SSSR count). The monoisotopic (exact) mass is 370 g/mol. The maximum Gasteiger partial charge on any atom is 0.231 e. The highest BCUT2D eigenvalue weighted by Crippen LogP contribution is 2.35. The van der Waals surface area contributed by atoms with Gasteiger partial charge in [-0.25, -0.2) is 0 Å². The number of amides is 1. The zero-order valence-corrected chi connectivity index (χ0v) is 16.5. The number of carbonyl (C=O) groups excluding carboxylic acids is 1. The number of benzene rings is 1. The minimum absolute atomic E-state index is 0.216. The Kier molecular flexibility index (Phi) is 6.14. The van der Waals surface area contributed by atoms with Gasteiger partial charge in [0.2, 0.25) is 5.91 Å². The van der Waals surface area contributed by atoms with Crippen LogP contribution < -0.4 is 5.32 Å². The standard InChI is InChI=1S/C23H34N2O2/c26-22(23(13-17-27-18-14-23)19-7-3-1-4-8-19)24-20-11-15-25(16-12-20)21-9-5-2-6-10-21/h1,3-4,7-8,20-21H,2,5-6,9-18H2,(H,24,26). The van der Waals surface area contributed by atoms with Crippen molar-refractivity contribution < 1.29 is 9.53 Å². The van der Waals surface area contributed by atoms with Crippen molar-refractivity contribution in [1.82, 2.24) is 10.2 Å². The Hall–Kier alpha value is -1.39. The molecule has 1 aromatic carbocycles. The molecular formula is C23H34N2O2. The molecule has 0 spiro atoms. The molecule has 2 heterocycles. The van der Waals surface area contributed by atoms with E-state index in [4.69, 9.17) is 4.74 Å². The van der Waals surface area contributed by atoms with Gasteiger partial charge in [0.1, 0.15) is 0 Å². The lowest BCUT2D eigenvalue weighted by atomic mass is 9.73. The zero-order valence-electron chi connectivity index (χ0n) is 16.5. The van der Waals surface area contributed by atoms with Gasteiger partial charge in [0.15, 0.2) is 0 Å². The van der Waals surface area contributed by atoms with Gasteiger partial charge in [-0.15, -0.1) is 0 Å². The maximum absolute atomic E-state index is 13.4. The fourth-order valence-electron chi connectivity index (χ4n) is 5.30. The van der Waals surface area contributed by atoms with Gasteiger partial charge >= 0.3 is 0 Å². The Morgan fingerprint density at radius 3 is 2.30 bits per heavy atom. The molecule has 0 radical (unpaired) electrons. The summed E-state index contributed by atoms with van der Waals surface area (Å²) in [6.07, 6.45) is 10.7. The van der Waals surface area contributed by atoms with E-state index in [0.717, 1.165) is 50.4 Å². The topological polar surface area (TPSA) is 41.6 Å². The summed E-state index contributed by atoms with van der Waals surface area (Å²) in [5.74, 6) is 0.216. The van der Waals surface area contributed by atoms with Crippen molar-refractivity contribution >= 4 is 5.91 Å². The average molecular weight is 371 g/mol. The number of nitrogens with zero attached hydrogens (tertiary/aromatic N) is 1. The molecule has 3 fully saturated rings. The van der Waals surface area contributed by atoms with E-state index >= 15 is 0 Å². The van der Waals surface area contributed by atoms with Crippen LogP contribution in [0.1, 0.15) is 63.4 Å². The van der Waals surface area contributed by atoms with E-state index in [1.54, 1.807) is 0 Å². The molecule has 1 aliphatic carbocycles. The lowest BCUT2D eigenvalue weighted by Crippen LogP contribution is -2.54. The third-order valence-electron chi connectivity index (χ3n) is 7.06. The Morgan fingerprint density at radius 2 is 1.63 bits per heavy atom. The number of likely N-dealkylation sites (tertiary alicyclic amines) is 1. The molecule has 1 saturated carbocycles. The molecule has 4 heteroatoms. The first kappa shape index (κ1) is 18.9. The summed E-state index contributed by atoms with van der Waals surface area (Å²) in [6.45, 7) is 3.61. The lowest BCUT2D eigenvalue weighted by molar-refractivity contribution is -0.131. The van der Waals surface area contributed by atoms with Gasteiger partial charge in [-0.3, -0.25) is 4.79 Å². The van der Waals surface area contributed by atoms with Gasteiger partial charge in [-0.2, -0.15) is 0 Å². The minimum Gasteiger partial charge on any atom is -0.381 e. The third-order valence-corrected chi connectivity index (χ3v) is 7.06. The van der Waals surface area contributed by atoms with E-state index in [9.17, 15) is 4.79 Å². The normalized spacial score (nSPS) is 25.2. The molecule has 1 amide bonds. The van der Waals surface area contributed by atoms with Crippen molar-refractivity contribution in [2.45, 2.75) is 75.3 Å². The van der Waals surface area contributed by atoms with E-state index in [2.05, 4.69) is 22.3 Å². The second-order valence-corrected chi connectivity index (χ2v) is 8.64. The molecule has 0 atom stereocenters. The van der Waals surface area contributed by atoms with Crippen LogP contribution in [0.25, 0.3) is 0 Å². The Bertz CT molecular complexity index is 598. The Morgan fingerprint density at radius 1 is 0.963 bits per heavy atom. The SMILES string of the molecule is O=C(NC1CCN(C2CCCCC2)CC1)C1(c2ccccc2)CCOCC1. The maximum atomic E-state index is 13.4. The lowest BCUT2D eigenvalue weighted by Gasteiger charge is -2.41. The van der Waals surface area contributed by atoms with Gasteiger partial charge in [-0.05, 0) is 44.1 Å². The van der Waals surface area contributed by atoms with Gasteiger partial charge < -0.3 is 15.0 Å². The van der Waals surface area contributed by atoms with Crippen molar-refractivity contribution in [3.63, 3.8) is 0 Å². The van der Waals surface area contributed by atoms with Crippen LogP contribution >= 0.6 is 0 Å². The van der Waals surface area contributed by atoms with E-state index in [0.29, 0.717) is 19.3 Å². The number of ether oxygens (including phenoxy) is 1. The summed E-state index contributed by atoms with van der Waals surface area (Å²) in [7, 11) is 0. The number of rotatable bonds is 4. The number of nitrogens with one attached hydrogen (secondary N) is 1. The van der Waals surface area contributed by atoms with Crippen molar-refractivity contribution in [2.75, 3.05) is 26.3 Å². The fraction of sp³-hybridized carbons (Fsp3) is 0.696. The third kappa shape index (κ3) is 4.22. The predicted molar refractivity (Wildman–Crippen MR) is 108 cm³/mol. The summed E-state index contributed by atoms with van der Waals surface area (Å²) in [5.41, 5.74) is 0.727. The summed E-state index contributed by atoms with van der Waals surface area (Å²) in [5, 5.41) is 3.43. The highest BCUT2D eigenvalue weighted by molar-refractivity contribution is 5.88. The summed E-state index contributed by atoms with van der Waals surface area (Å²) in [6, 6.07) is 11.4. The zero-order chi connectivity index (χ0) is 18.5. The Labute approximate surface area is 163 Å². The summed E-state index contributed by atoms with van der Waals surface area (Å²) in [4.78, 5) is 16.1. The highest BCUT2D eigenvalue weighted by atomic mass is 16.5. The average Bonchev–Trinajstić information content (AvgIpc) is 2.76. The number of piperidine rings is 1. The number of carbonyl (C=O) groups is 1. The summed E-state index contributed by atoms with van der Waals surface area (Å²) < 4.78 is 5.58. The van der Waals surface area contributed by atoms with Crippen LogP contribution in [-0.4, -0.2) is 49.2 Å². The summed E-state index contributed by atoms with van der Waals surface area (Å²) >= 11 is 0. The number of hydrogen-bond donors (Lipinski definition) is 1. The van der Waals surface area contributed by atoms with Crippen LogP contribution in [0.4, 0.5) is 0 Å². The Balaban J connectivity index is 1.37. The van der Waals surface area contributed by atoms with Crippen molar-refractivity contribution in [3.8, 4) is 0 Å². The van der Waals surface area contributed by atoms with E-state index in [1.165, 1.54) is 32.1 Å². The van der Waals surface area contributed by atoms with Crippen LogP contribution in [-0.2, 0) is 14.9 Å². The second-order valence-electron chi connectivity index (χ2n) is 8.64. The van der Waals surface area contributed by atoms with Gasteiger partial charge in [-0.1, -0.05) is 49.6 Å². The first-order valence-corrected chi connectivity index (χ1v) is 11.0. The molecule has 3 aliphatic rings. The molecule has 0 aromatic heterocycles. The molecule has 27 heavy (non-hydrogen) atoms. The smallest absolute Gasteiger partial charge is 0.231 e. The fourth-order valence-corrected chi connectivity index (χ4v) is 5.30. The molecule has 2 saturated heterocycles. The van der Waals surface area contributed by atoms with E-state index < -0.39 is 5.41 Å². The first-order chi connectivity index (χ1) is 13.3. The van der Waals surface area contributed by atoms with Crippen LogP contribution in [0.15, 0.2) is 30.3 Å². The van der Waals surface area contributed by atoms with E-state index in [1.807, 2.05) is 18.2 Å². The van der Waals surface area contributed by atoms with Crippen molar-refractivity contribution in [3.05, 3.63) is 35.9 Å². The first-order valence-electron chi connectivity index (χ1n) is 11.0. The largest absolute Gasteiger partial charge is 0.381 e. The van der Waals surface area contributed by atoms with Gasteiger partial charge in [0.25, 0.3) is 0 Å². The van der Waals surface area contributed by atoms with Crippen LogP contribution in [0.5, 0.6) is 0 Å². The van der Waals surface area contributed by atoms with E-state index in [-0.39, 0.29) is 5.91 Å². The molecule has 0 bridgehead atoms. The van der Waals surface area contributed by atoms with Crippen LogP contribution in [0.2, 0.25) is 0 Å². The molecule has 0 unspecified atom stereocenters. The molecular weight excluding hydrogens is 336 g/mol. The van der Waals surface area contributed by atoms with Crippen LogP contribution in [0, 0.1) is 0 Å². The van der Waals surface area contributed by atoms with Crippen molar-refractivity contribution in [2.24, 2.45) is 0 Å². The quantitative estimate of drug-likeness (QED) is 0.880. The van der Waals surface area contributed by atoms with Crippen molar-refractivity contribution in [1.29, 1.82) is 0 Å².